The molecule has 1 aromatic heterocycles. The van der Waals surface area contributed by atoms with Gasteiger partial charge < -0.3 is 9.80 Å². The molecule has 6 heteroatoms. The predicted molar refractivity (Wildman–Crippen MR) is 149 cm³/mol. The van der Waals surface area contributed by atoms with Crippen LogP contribution in [-0.2, 0) is 6.42 Å². The highest BCUT2D eigenvalue weighted by atomic mass is 19.4. The van der Waals surface area contributed by atoms with E-state index in [2.05, 4.69) is 52.8 Å². The van der Waals surface area contributed by atoms with Crippen LogP contribution in [0.1, 0.15) is 75.5 Å². The van der Waals surface area contributed by atoms with E-state index in [4.69, 9.17) is 4.98 Å². The van der Waals surface area contributed by atoms with Crippen molar-refractivity contribution in [3.63, 3.8) is 0 Å². The Labute approximate surface area is 226 Å². The number of hydrogen-bond acceptors (Lipinski definition) is 3. The molecule has 0 unspecified atom stereocenters. The Hall–Kier alpha value is -2.34. The molecule has 3 aliphatic rings. The second kappa shape index (κ2) is 11.8. The van der Waals surface area contributed by atoms with Gasteiger partial charge in [0.15, 0.2) is 0 Å². The SMILES string of the molecule is C=C(c1ccc(-c2ccc(CCC3CCN(CC4(C(F)(F)F)CCCC4)CC3)nc2)cc1)N1CCCCC1. The van der Waals surface area contributed by atoms with Gasteiger partial charge in [-0.05, 0) is 94.0 Å². The Balaban J connectivity index is 1.08. The number of alkyl halides is 3. The number of aryl methyl sites for hydroxylation is 1. The Kier molecular flexibility index (Phi) is 8.47. The zero-order valence-corrected chi connectivity index (χ0v) is 22.6. The molecule has 1 aromatic carbocycles. The van der Waals surface area contributed by atoms with E-state index >= 15 is 0 Å². The molecular weight excluding hydrogens is 483 g/mol. The maximum absolute atomic E-state index is 13.8. The quantitative estimate of drug-likeness (QED) is 0.348. The van der Waals surface area contributed by atoms with Gasteiger partial charge in [0.25, 0.3) is 0 Å². The summed E-state index contributed by atoms with van der Waals surface area (Å²) in [5.74, 6) is 0.568. The summed E-state index contributed by atoms with van der Waals surface area (Å²) >= 11 is 0. The third-order valence-electron chi connectivity index (χ3n) is 9.32. The van der Waals surface area contributed by atoms with Crippen molar-refractivity contribution in [2.75, 3.05) is 32.7 Å². The van der Waals surface area contributed by atoms with Crippen molar-refractivity contribution >= 4 is 5.70 Å². The highest BCUT2D eigenvalue weighted by Gasteiger charge is 2.56. The van der Waals surface area contributed by atoms with Crippen molar-refractivity contribution in [3.05, 3.63) is 60.4 Å². The van der Waals surface area contributed by atoms with Gasteiger partial charge in [-0.15, -0.1) is 0 Å². The molecule has 2 aliphatic heterocycles. The first-order valence-electron chi connectivity index (χ1n) is 14.6. The molecule has 1 aliphatic carbocycles. The van der Waals surface area contributed by atoms with Crippen LogP contribution in [0, 0.1) is 11.3 Å². The second-order valence-corrected chi connectivity index (χ2v) is 11.9. The van der Waals surface area contributed by atoms with E-state index in [0.717, 1.165) is 74.4 Å². The molecule has 0 amide bonds. The van der Waals surface area contributed by atoms with Crippen LogP contribution in [0.5, 0.6) is 0 Å². The van der Waals surface area contributed by atoms with Gasteiger partial charge in [-0.25, -0.2) is 0 Å². The molecule has 0 spiro atoms. The smallest absolute Gasteiger partial charge is 0.372 e. The summed E-state index contributed by atoms with van der Waals surface area (Å²) in [4.78, 5) is 9.20. The minimum absolute atomic E-state index is 0.194. The summed E-state index contributed by atoms with van der Waals surface area (Å²) in [7, 11) is 0. The van der Waals surface area contributed by atoms with Crippen LogP contribution in [0.3, 0.4) is 0 Å². The van der Waals surface area contributed by atoms with E-state index < -0.39 is 11.6 Å². The number of rotatable bonds is 8. The summed E-state index contributed by atoms with van der Waals surface area (Å²) in [6.45, 7) is 8.30. The van der Waals surface area contributed by atoms with E-state index in [0.29, 0.717) is 31.6 Å². The fraction of sp³-hybridized carbons (Fsp3) is 0.594. The van der Waals surface area contributed by atoms with Gasteiger partial charge in [-0.1, -0.05) is 49.8 Å². The molecule has 2 saturated heterocycles. The monoisotopic (exact) mass is 525 g/mol. The summed E-state index contributed by atoms with van der Waals surface area (Å²) < 4.78 is 41.3. The maximum Gasteiger partial charge on any atom is 0.395 e. The number of pyridine rings is 1. The zero-order chi connectivity index (χ0) is 26.6. The highest BCUT2D eigenvalue weighted by molar-refractivity contribution is 5.68. The Morgan fingerprint density at radius 2 is 1.53 bits per heavy atom. The van der Waals surface area contributed by atoms with Crippen LogP contribution in [0.2, 0.25) is 0 Å². The first kappa shape index (κ1) is 27.2. The van der Waals surface area contributed by atoms with Crippen LogP contribution >= 0.6 is 0 Å². The number of halogens is 3. The fourth-order valence-electron chi connectivity index (χ4n) is 6.74. The van der Waals surface area contributed by atoms with Crippen LogP contribution in [0.15, 0.2) is 49.2 Å². The minimum Gasteiger partial charge on any atom is -0.372 e. The number of piperidine rings is 2. The van der Waals surface area contributed by atoms with Gasteiger partial charge in [0, 0.05) is 42.8 Å². The predicted octanol–water partition coefficient (Wildman–Crippen LogP) is 7.97. The molecule has 0 bridgehead atoms. The highest BCUT2D eigenvalue weighted by Crippen LogP contribution is 2.51. The molecular formula is C32H42F3N3. The topological polar surface area (TPSA) is 19.4 Å². The van der Waals surface area contributed by atoms with Gasteiger partial charge in [0.05, 0.1) is 5.41 Å². The average Bonchev–Trinajstić information content (AvgIpc) is 3.43. The summed E-state index contributed by atoms with van der Waals surface area (Å²) in [6.07, 6.45) is 7.67. The molecule has 2 aromatic rings. The van der Waals surface area contributed by atoms with Gasteiger partial charge in [0.1, 0.15) is 0 Å². The summed E-state index contributed by atoms with van der Waals surface area (Å²) in [6, 6.07) is 12.9. The lowest BCUT2D eigenvalue weighted by molar-refractivity contribution is -0.228. The molecule has 0 atom stereocenters. The Bertz CT molecular complexity index is 1040. The molecule has 3 fully saturated rings. The van der Waals surface area contributed by atoms with Gasteiger partial charge in [-0.2, -0.15) is 13.2 Å². The molecule has 5 rings (SSSR count). The third-order valence-corrected chi connectivity index (χ3v) is 9.32. The molecule has 1 saturated carbocycles. The minimum atomic E-state index is -4.08. The van der Waals surface area contributed by atoms with Gasteiger partial charge in [0.2, 0.25) is 0 Å². The standard InChI is InChI=1S/C32H42F3N3/c1-25(38-19-5-2-6-20-38)27-8-10-28(11-9-27)29-12-14-30(36-23-29)13-7-26-15-21-37(22-16-26)24-31(32(33,34)35)17-3-4-18-31/h8-12,14,23,26H,1-7,13,15-22,24H2. The van der Waals surface area contributed by atoms with Crippen molar-refractivity contribution in [2.24, 2.45) is 11.3 Å². The number of aromatic nitrogens is 1. The van der Waals surface area contributed by atoms with Crippen molar-refractivity contribution in [1.29, 1.82) is 0 Å². The van der Waals surface area contributed by atoms with Crippen molar-refractivity contribution in [3.8, 4) is 11.1 Å². The molecule has 3 heterocycles. The third kappa shape index (κ3) is 6.27. The normalized spacial score (nSPS) is 21.1. The molecule has 0 N–H and O–H groups in total. The number of nitrogens with zero attached hydrogens (tertiary/aromatic N) is 3. The molecule has 206 valence electrons. The largest absolute Gasteiger partial charge is 0.395 e. The Morgan fingerprint density at radius 3 is 2.13 bits per heavy atom. The van der Waals surface area contributed by atoms with E-state index in [9.17, 15) is 13.2 Å². The lowest BCUT2D eigenvalue weighted by Gasteiger charge is -2.40. The maximum atomic E-state index is 13.8. The molecule has 3 nitrogen and oxygen atoms in total. The first-order chi connectivity index (χ1) is 18.3. The van der Waals surface area contributed by atoms with Crippen molar-refractivity contribution in [2.45, 2.75) is 76.8 Å². The number of hydrogen-bond donors (Lipinski definition) is 0. The van der Waals surface area contributed by atoms with Crippen molar-refractivity contribution < 1.29 is 13.2 Å². The van der Waals surface area contributed by atoms with E-state index in [1.54, 1.807) is 0 Å². The van der Waals surface area contributed by atoms with E-state index in [-0.39, 0.29) is 6.54 Å². The van der Waals surface area contributed by atoms with Crippen LogP contribution in [0.25, 0.3) is 16.8 Å². The van der Waals surface area contributed by atoms with Gasteiger partial charge >= 0.3 is 6.18 Å². The van der Waals surface area contributed by atoms with E-state index in [1.165, 1.54) is 24.8 Å². The number of benzene rings is 1. The van der Waals surface area contributed by atoms with Crippen LogP contribution in [-0.4, -0.2) is 53.7 Å². The summed E-state index contributed by atoms with van der Waals surface area (Å²) in [5, 5.41) is 0. The van der Waals surface area contributed by atoms with Gasteiger partial charge in [-0.3, -0.25) is 4.98 Å². The second-order valence-electron chi connectivity index (χ2n) is 11.9. The van der Waals surface area contributed by atoms with Crippen molar-refractivity contribution in [1.82, 2.24) is 14.8 Å². The number of likely N-dealkylation sites (tertiary alicyclic amines) is 2. The Morgan fingerprint density at radius 1 is 0.868 bits per heavy atom. The van der Waals surface area contributed by atoms with Crippen LogP contribution in [0.4, 0.5) is 13.2 Å². The first-order valence-corrected chi connectivity index (χ1v) is 14.6. The molecule has 0 radical (unpaired) electrons. The zero-order valence-electron chi connectivity index (χ0n) is 22.6. The lowest BCUT2D eigenvalue weighted by atomic mass is 9.83. The van der Waals surface area contributed by atoms with Crippen LogP contribution < -0.4 is 0 Å². The molecule has 38 heavy (non-hydrogen) atoms. The average molecular weight is 526 g/mol. The summed E-state index contributed by atoms with van der Waals surface area (Å²) in [5.41, 5.74) is 4.20. The fourth-order valence-corrected chi connectivity index (χ4v) is 6.74. The van der Waals surface area contributed by atoms with E-state index in [1.807, 2.05) is 6.20 Å². The lowest BCUT2D eigenvalue weighted by Crippen LogP contribution is -2.48.